The fourth-order valence-electron chi connectivity index (χ4n) is 3.23. The van der Waals surface area contributed by atoms with Gasteiger partial charge in [0.2, 0.25) is 5.91 Å². The Morgan fingerprint density at radius 3 is 2.58 bits per heavy atom. The van der Waals surface area contributed by atoms with Gasteiger partial charge in [0, 0.05) is 43.5 Å². The van der Waals surface area contributed by atoms with Crippen LogP contribution in [0.1, 0.15) is 40.6 Å². The summed E-state index contributed by atoms with van der Waals surface area (Å²) in [5.74, 6) is 0.464. The second-order valence-electron chi connectivity index (χ2n) is 7.01. The van der Waals surface area contributed by atoms with Crippen molar-refractivity contribution in [1.82, 2.24) is 20.2 Å². The van der Waals surface area contributed by atoms with Crippen molar-refractivity contribution >= 4 is 11.8 Å². The van der Waals surface area contributed by atoms with E-state index in [-0.39, 0.29) is 18.2 Å². The van der Waals surface area contributed by atoms with E-state index >= 15 is 0 Å². The lowest BCUT2D eigenvalue weighted by Gasteiger charge is -2.21. The average molecular weight is 424 g/mol. The minimum atomic E-state index is -0.475. The molecule has 1 aromatic heterocycles. The average Bonchev–Trinajstić information content (AvgIpc) is 3.21. The lowest BCUT2D eigenvalue weighted by molar-refractivity contribution is -0.121. The number of benzene rings is 2. The second kappa shape index (κ2) is 10.4. The Morgan fingerprint density at radius 1 is 1.16 bits per heavy atom. The molecule has 0 radical (unpaired) electrons. The standard InChI is InChI=1S/C23H25FN4O3/c1-28-15-14-25-22(28)21(18-6-3-4-7-19(18)31-2)27-20(29)8-5-13-26-23(30)16-9-11-17(24)12-10-16/h3-4,6-7,9-12,14-15,21H,5,8,13H2,1-2H3,(H,26,30)(H,27,29). The van der Waals surface area contributed by atoms with Gasteiger partial charge >= 0.3 is 0 Å². The Morgan fingerprint density at radius 2 is 1.90 bits per heavy atom. The van der Waals surface area contributed by atoms with E-state index in [0.29, 0.717) is 30.1 Å². The van der Waals surface area contributed by atoms with Crippen molar-refractivity contribution in [3.05, 3.63) is 83.7 Å². The minimum absolute atomic E-state index is 0.171. The molecule has 0 aliphatic rings. The van der Waals surface area contributed by atoms with E-state index in [1.54, 1.807) is 13.3 Å². The predicted octanol–water partition coefficient (Wildman–Crippen LogP) is 2.98. The quantitative estimate of drug-likeness (QED) is 0.517. The van der Waals surface area contributed by atoms with Crippen molar-refractivity contribution in [2.75, 3.05) is 13.7 Å². The number of ether oxygens (including phenoxy) is 1. The van der Waals surface area contributed by atoms with Crippen LogP contribution in [-0.4, -0.2) is 35.0 Å². The second-order valence-corrected chi connectivity index (χ2v) is 7.01. The summed E-state index contributed by atoms with van der Waals surface area (Å²) in [6, 6.07) is 12.3. The molecule has 1 heterocycles. The van der Waals surface area contributed by atoms with Gasteiger partial charge in [-0.15, -0.1) is 0 Å². The molecule has 0 saturated carbocycles. The molecule has 0 saturated heterocycles. The third-order valence-corrected chi connectivity index (χ3v) is 4.84. The number of halogens is 1. The first kappa shape index (κ1) is 22.0. The number of nitrogens with zero attached hydrogens (tertiary/aromatic N) is 2. The highest BCUT2D eigenvalue weighted by atomic mass is 19.1. The highest BCUT2D eigenvalue weighted by Crippen LogP contribution is 2.29. The van der Waals surface area contributed by atoms with Gasteiger partial charge in [-0.05, 0) is 36.8 Å². The van der Waals surface area contributed by atoms with E-state index in [2.05, 4.69) is 15.6 Å². The number of amides is 2. The highest BCUT2D eigenvalue weighted by molar-refractivity contribution is 5.94. The van der Waals surface area contributed by atoms with Crippen LogP contribution < -0.4 is 15.4 Å². The number of imidazole rings is 1. The predicted molar refractivity (Wildman–Crippen MR) is 114 cm³/mol. The van der Waals surface area contributed by atoms with Crippen LogP contribution in [0, 0.1) is 5.82 Å². The van der Waals surface area contributed by atoms with Gasteiger partial charge in [-0.3, -0.25) is 9.59 Å². The molecule has 2 aromatic carbocycles. The number of rotatable bonds is 9. The van der Waals surface area contributed by atoms with Crippen LogP contribution in [0.15, 0.2) is 60.9 Å². The number of aromatic nitrogens is 2. The topological polar surface area (TPSA) is 85.2 Å². The van der Waals surface area contributed by atoms with Crippen LogP contribution in [0.5, 0.6) is 5.75 Å². The largest absolute Gasteiger partial charge is 0.496 e. The minimum Gasteiger partial charge on any atom is -0.496 e. The maximum absolute atomic E-state index is 13.0. The molecule has 0 fully saturated rings. The van der Waals surface area contributed by atoms with E-state index in [9.17, 15) is 14.0 Å². The van der Waals surface area contributed by atoms with E-state index < -0.39 is 11.9 Å². The zero-order valence-electron chi connectivity index (χ0n) is 17.5. The van der Waals surface area contributed by atoms with E-state index in [1.165, 1.54) is 24.3 Å². The summed E-state index contributed by atoms with van der Waals surface area (Å²) in [6.07, 6.45) is 4.17. The molecule has 3 rings (SSSR count). The number of carbonyl (C=O) groups excluding carboxylic acids is 2. The Labute approximate surface area is 180 Å². The van der Waals surface area contributed by atoms with Crippen LogP contribution in [0.25, 0.3) is 0 Å². The van der Waals surface area contributed by atoms with Gasteiger partial charge in [0.05, 0.1) is 7.11 Å². The van der Waals surface area contributed by atoms with Gasteiger partial charge in [0.15, 0.2) is 0 Å². The SMILES string of the molecule is COc1ccccc1C(NC(=O)CCCNC(=O)c1ccc(F)cc1)c1nccn1C. The molecule has 31 heavy (non-hydrogen) atoms. The summed E-state index contributed by atoms with van der Waals surface area (Å²) in [5, 5.41) is 5.76. The molecule has 1 atom stereocenters. The molecule has 0 spiro atoms. The number of methoxy groups -OCH3 is 1. The fourth-order valence-corrected chi connectivity index (χ4v) is 3.23. The van der Waals surface area contributed by atoms with E-state index in [0.717, 1.165) is 5.56 Å². The van der Waals surface area contributed by atoms with Gasteiger partial charge in [0.25, 0.3) is 5.91 Å². The van der Waals surface area contributed by atoms with Crippen LogP contribution in [-0.2, 0) is 11.8 Å². The summed E-state index contributed by atoms with van der Waals surface area (Å²) in [7, 11) is 3.45. The molecule has 3 aromatic rings. The Hall–Kier alpha value is -3.68. The molecule has 0 aliphatic heterocycles. The molecule has 0 aliphatic carbocycles. The summed E-state index contributed by atoms with van der Waals surface area (Å²) < 4.78 is 20.3. The van der Waals surface area contributed by atoms with Crippen molar-refractivity contribution in [1.29, 1.82) is 0 Å². The van der Waals surface area contributed by atoms with Crippen molar-refractivity contribution in [2.45, 2.75) is 18.9 Å². The number of carbonyl (C=O) groups is 2. The van der Waals surface area contributed by atoms with Gasteiger partial charge in [-0.2, -0.15) is 0 Å². The highest BCUT2D eigenvalue weighted by Gasteiger charge is 2.23. The lowest BCUT2D eigenvalue weighted by atomic mass is 10.0. The maximum Gasteiger partial charge on any atom is 0.251 e. The summed E-state index contributed by atoms with van der Waals surface area (Å²) in [5.41, 5.74) is 1.18. The first-order chi connectivity index (χ1) is 15.0. The number of para-hydroxylation sites is 1. The number of hydrogen-bond acceptors (Lipinski definition) is 4. The molecule has 2 N–H and O–H groups in total. The molecule has 162 valence electrons. The van der Waals surface area contributed by atoms with Crippen molar-refractivity contribution in [2.24, 2.45) is 7.05 Å². The smallest absolute Gasteiger partial charge is 0.251 e. The Kier molecular flexibility index (Phi) is 7.37. The van der Waals surface area contributed by atoms with Crippen molar-refractivity contribution in [3.8, 4) is 5.75 Å². The Bertz CT molecular complexity index is 1030. The fraction of sp³-hybridized carbons (Fsp3) is 0.261. The third-order valence-electron chi connectivity index (χ3n) is 4.84. The molecular weight excluding hydrogens is 399 g/mol. The molecule has 1 unspecified atom stereocenters. The number of nitrogens with one attached hydrogen (secondary N) is 2. The number of aryl methyl sites for hydroxylation is 1. The summed E-state index contributed by atoms with van der Waals surface area (Å²) in [4.78, 5) is 29.1. The van der Waals surface area contributed by atoms with Gasteiger partial charge < -0.3 is 19.9 Å². The molecule has 8 heteroatoms. The van der Waals surface area contributed by atoms with Gasteiger partial charge in [0.1, 0.15) is 23.4 Å². The molecule has 0 bridgehead atoms. The zero-order chi connectivity index (χ0) is 22.2. The monoisotopic (exact) mass is 424 g/mol. The Balaban J connectivity index is 1.59. The lowest BCUT2D eigenvalue weighted by Crippen LogP contribution is -2.32. The van der Waals surface area contributed by atoms with E-state index in [4.69, 9.17) is 4.74 Å². The summed E-state index contributed by atoms with van der Waals surface area (Å²) in [6.45, 7) is 0.325. The zero-order valence-corrected chi connectivity index (χ0v) is 17.5. The summed E-state index contributed by atoms with van der Waals surface area (Å²) >= 11 is 0. The van der Waals surface area contributed by atoms with Crippen molar-refractivity contribution < 1.29 is 18.7 Å². The van der Waals surface area contributed by atoms with Crippen LogP contribution in [0.2, 0.25) is 0 Å². The first-order valence-electron chi connectivity index (χ1n) is 9.93. The first-order valence-corrected chi connectivity index (χ1v) is 9.93. The van der Waals surface area contributed by atoms with Crippen LogP contribution in [0.4, 0.5) is 4.39 Å². The molecular formula is C23H25FN4O3. The van der Waals surface area contributed by atoms with E-state index in [1.807, 2.05) is 42.1 Å². The van der Waals surface area contributed by atoms with Crippen LogP contribution >= 0.6 is 0 Å². The normalized spacial score (nSPS) is 11.6. The van der Waals surface area contributed by atoms with Gasteiger partial charge in [-0.25, -0.2) is 9.37 Å². The number of hydrogen-bond donors (Lipinski definition) is 2. The third kappa shape index (κ3) is 5.69. The van der Waals surface area contributed by atoms with Gasteiger partial charge in [-0.1, -0.05) is 18.2 Å². The molecule has 7 nitrogen and oxygen atoms in total. The van der Waals surface area contributed by atoms with Crippen LogP contribution in [0.3, 0.4) is 0 Å². The van der Waals surface area contributed by atoms with Crippen molar-refractivity contribution in [3.63, 3.8) is 0 Å². The maximum atomic E-state index is 13.0. The molecule has 2 amide bonds.